The molecule has 0 aliphatic carbocycles. The van der Waals surface area contributed by atoms with E-state index in [1.807, 2.05) is 0 Å². The van der Waals surface area contributed by atoms with Gasteiger partial charge in [0.25, 0.3) is 0 Å². The summed E-state index contributed by atoms with van der Waals surface area (Å²) in [6, 6.07) is 0.583. The molecule has 0 saturated carbocycles. The van der Waals surface area contributed by atoms with Crippen molar-refractivity contribution < 1.29 is 4.43 Å². The van der Waals surface area contributed by atoms with Crippen molar-refractivity contribution in [2.24, 2.45) is 0 Å². The molecule has 15 heavy (non-hydrogen) atoms. The molecule has 3 heteroatoms. The molecule has 1 aliphatic heterocycles. The van der Waals surface area contributed by atoms with Crippen molar-refractivity contribution in [1.82, 2.24) is 5.32 Å². The first-order valence-electron chi connectivity index (χ1n) is 6.37. The van der Waals surface area contributed by atoms with Crippen LogP contribution >= 0.6 is 0 Å². The van der Waals surface area contributed by atoms with Crippen LogP contribution in [0.5, 0.6) is 0 Å². The predicted molar refractivity (Wildman–Crippen MR) is 68.8 cm³/mol. The first-order chi connectivity index (χ1) is 6.93. The quantitative estimate of drug-likeness (QED) is 0.731. The lowest BCUT2D eigenvalue weighted by Crippen LogP contribution is -2.53. The highest BCUT2D eigenvalue weighted by molar-refractivity contribution is 6.69. The van der Waals surface area contributed by atoms with Crippen molar-refractivity contribution in [3.05, 3.63) is 0 Å². The molecular formula is C12H27NOSi. The Balaban J connectivity index is 2.76. The van der Waals surface area contributed by atoms with Gasteiger partial charge in [0, 0.05) is 6.04 Å². The normalized spacial score (nSPS) is 23.4. The van der Waals surface area contributed by atoms with Crippen LogP contribution in [0.25, 0.3) is 0 Å². The summed E-state index contributed by atoms with van der Waals surface area (Å²) in [6.07, 6.45) is 4.85. The van der Waals surface area contributed by atoms with Gasteiger partial charge in [-0.15, -0.1) is 0 Å². The Bertz CT molecular complexity index is 190. The van der Waals surface area contributed by atoms with E-state index in [4.69, 9.17) is 4.43 Å². The Morgan fingerprint density at radius 1 is 1.27 bits per heavy atom. The molecule has 0 aromatic carbocycles. The molecule has 1 atom stereocenters. The molecular weight excluding hydrogens is 202 g/mol. The minimum atomic E-state index is -1.44. The molecule has 0 amide bonds. The van der Waals surface area contributed by atoms with Gasteiger partial charge in [-0.05, 0) is 51.9 Å². The Labute approximate surface area is 95.9 Å². The molecule has 1 heterocycles. The van der Waals surface area contributed by atoms with Crippen LogP contribution in [-0.2, 0) is 4.43 Å². The van der Waals surface area contributed by atoms with E-state index < -0.39 is 8.32 Å². The molecule has 2 nitrogen and oxygen atoms in total. The molecule has 0 aromatic heterocycles. The van der Waals surface area contributed by atoms with Crippen molar-refractivity contribution in [2.75, 3.05) is 6.54 Å². The third-order valence-corrected chi connectivity index (χ3v) is 4.42. The van der Waals surface area contributed by atoms with Crippen molar-refractivity contribution in [1.29, 1.82) is 0 Å². The average molecular weight is 229 g/mol. The number of hydrogen-bond donors (Lipinski definition) is 1. The summed E-state index contributed by atoms with van der Waals surface area (Å²) in [7, 11) is -1.44. The van der Waals surface area contributed by atoms with Gasteiger partial charge in [-0.25, -0.2) is 0 Å². The SMILES string of the molecule is CCC(CC)(O[Si](C)(C)C)[C@@H]1CCCN1. The van der Waals surface area contributed by atoms with Gasteiger partial charge < -0.3 is 9.74 Å². The van der Waals surface area contributed by atoms with Gasteiger partial charge in [-0.3, -0.25) is 0 Å². The largest absolute Gasteiger partial charge is 0.411 e. The van der Waals surface area contributed by atoms with Crippen LogP contribution in [0.2, 0.25) is 19.6 Å². The fourth-order valence-electron chi connectivity index (χ4n) is 2.70. The highest BCUT2D eigenvalue weighted by atomic mass is 28.4. The number of rotatable bonds is 5. The van der Waals surface area contributed by atoms with Gasteiger partial charge in [0.1, 0.15) is 0 Å². The minimum Gasteiger partial charge on any atom is -0.411 e. The van der Waals surface area contributed by atoms with Gasteiger partial charge in [0.15, 0.2) is 8.32 Å². The van der Waals surface area contributed by atoms with Crippen LogP contribution in [0.3, 0.4) is 0 Å². The Morgan fingerprint density at radius 2 is 1.87 bits per heavy atom. The molecule has 1 rings (SSSR count). The first kappa shape index (κ1) is 13.2. The maximum absolute atomic E-state index is 6.48. The second kappa shape index (κ2) is 4.98. The van der Waals surface area contributed by atoms with Crippen molar-refractivity contribution in [3.63, 3.8) is 0 Å². The predicted octanol–water partition coefficient (Wildman–Crippen LogP) is 3.15. The molecule has 0 bridgehead atoms. The summed E-state index contributed by atoms with van der Waals surface area (Å²) in [5, 5.41) is 3.62. The van der Waals surface area contributed by atoms with Gasteiger partial charge in [0.2, 0.25) is 0 Å². The minimum absolute atomic E-state index is 0.0982. The molecule has 1 N–H and O–H groups in total. The summed E-state index contributed by atoms with van der Waals surface area (Å²) in [4.78, 5) is 0. The molecule has 1 saturated heterocycles. The third-order valence-electron chi connectivity index (χ3n) is 3.40. The van der Waals surface area contributed by atoms with Crippen LogP contribution in [0, 0.1) is 0 Å². The van der Waals surface area contributed by atoms with Gasteiger partial charge >= 0.3 is 0 Å². The second-order valence-electron chi connectivity index (χ2n) is 5.64. The summed E-state index contributed by atoms with van der Waals surface area (Å²) < 4.78 is 6.48. The Kier molecular flexibility index (Phi) is 4.38. The maximum Gasteiger partial charge on any atom is 0.184 e. The molecule has 0 radical (unpaired) electrons. The van der Waals surface area contributed by atoms with E-state index in [0.29, 0.717) is 6.04 Å². The molecule has 1 aliphatic rings. The fraction of sp³-hybridized carbons (Fsp3) is 1.00. The van der Waals surface area contributed by atoms with E-state index >= 15 is 0 Å². The van der Waals surface area contributed by atoms with Crippen LogP contribution in [0.1, 0.15) is 39.5 Å². The van der Waals surface area contributed by atoms with Crippen LogP contribution in [0.15, 0.2) is 0 Å². The Hall–Kier alpha value is 0.137. The maximum atomic E-state index is 6.48. The fourth-order valence-corrected chi connectivity index (χ4v) is 4.35. The third kappa shape index (κ3) is 3.30. The van der Waals surface area contributed by atoms with Crippen LogP contribution in [-0.4, -0.2) is 26.5 Å². The molecule has 0 aromatic rings. The van der Waals surface area contributed by atoms with E-state index in [1.165, 1.54) is 19.4 Å². The van der Waals surface area contributed by atoms with Crippen molar-refractivity contribution in [3.8, 4) is 0 Å². The monoisotopic (exact) mass is 229 g/mol. The molecule has 0 unspecified atom stereocenters. The summed E-state index contributed by atoms with van der Waals surface area (Å²) >= 11 is 0. The lowest BCUT2D eigenvalue weighted by Gasteiger charge is -2.42. The smallest absolute Gasteiger partial charge is 0.184 e. The zero-order valence-electron chi connectivity index (χ0n) is 11.0. The number of hydrogen-bond acceptors (Lipinski definition) is 2. The van der Waals surface area contributed by atoms with Gasteiger partial charge in [-0.2, -0.15) is 0 Å². The van der Waals surface area contributed by atoms with Crippen LogP contribution in [0.4, 0.5) is 0 Å². The van der Waals surface area contributed by atoms with Crippen molar-refractivity contribution >= 4 is 8.32 Å². The highest BCUT2D eigenvalue weighted by Crippen LogP contribution is 2.32. The van der Waals surface area contributed by atoms with E-state index in [0.717, 1.165) is 12.8 Å². The summed E-state index contributed by atoms with van der Waals surface area (Å²) in [5.74, 6) is 0. The molecule has 90 valence electrons. The van der Waals surface area contributed by atoms with Gasteiger partial charge in [0.05, 0.1) is 5.60 Å². The lowest BCUT2D eigenvalue weighted by molar-refractivity contribution is 0.0187. The van der Waals surface area contributed by atoms with Crippen molar-refractivity contribution in [2.45, 2.75) is 70.8 Å². The highest BCUT2D eigenvalue weighted by Gasteiger charge is 2.41. The topological polar surface area (TPSA) is 21.3 Å². The summed E-state index contributed by atoms with van der Waals surface area (Å²) in [5.41, 5.74) is 0.0982. The standard InChI is InChI=1S/C12H27NOSi/c1-6-12(7-2,14-15(3,4)5)11-9-8-10-13-11/h11,13H,6-10H2,1-5H3/t11-/m0/s1. The Morgan fingerprint density at radius 3 is 2.20 bits per heavy atom. The summed E-state index contributed by atoms with van der Waals surface area (Å²) in [6.45, 7) is 12.6. The lowest BCUT2D eigenvalue weighted by atomic mass is 9.88. The van der Waals surface area contributed by atoms with Crippen LogP contribution < -0.4 is 5.32 Å². The van der Waals surface area contributed by atoms with E-state index in [1.54, 1.807) is 0 Å². The molecule has 0 spiro atoms. The number of nitrogens with one attached hydrogen (secondary N) is 1. The van der Waals surface area contributed by atoms with E-state index in [-0.39, 0.29) is 5.60 Å². The zero-order valence-corrected chi connectivity index (χ0v) is 12.0. The zero-order chi connectivity index (χ0) is 11.5. The molecule has 1 fully saturated rings. The average Bonchev–Trinajstić information content (AvgIpc) is 2.66. The first-order valence-corrected chi connectivity index (χ1v) is 9.78. The van der Waals surface area contributed by atoms with E-state index in [2.05, 4.69) is 38.8 Å². The second-order valence-corrected chi connectivity index (χ2v) is 10.1. The van der Waals surface area contributed by atoms with E-state index in [9.17, 15) is 0 Å². The van der Waals surface area contributed by atoms with Gasteiger partial charge in [-0.1, -0.05) is 13.8 Å².